The first-order valence-electron chi connectivity index (χ1n) is 10.5. The summed E-state index contributed by atoms with van der Waals surface area (Å²) in [5.41, 5.74) is 5.82. The molecule has 1 aliphatic rings. The van der Waals surface area contributed by atoms with Gasteiger partial charge in [-0.2, -0.15) is 5.10 Å². The van der Waals surface area contributed by atoms with E-state index in [9.17, 15) is 4.79 Å². The number of hydrogen-bond donors (Lipinski definition) is 2. The zero-order chi connectivity index (χ0) is 21.2. The van der Waals surface area contributed by atoms with Crippen molar-refractivity contribution in [1.29, 1.82) is 0 Å². The molecule has 3 aromatic heterocycles. The van der Waals surface area contributed by atoms with E-state index in [1.54, 1.807) is 12.4 Å². The number of carbonyl (C=O) groups excluding carboxylic acids is 1. The fourth-order valence-corrected chi connectivity index (χ4v) is 3.95. The van der Waals surface area contributed by atoms with Crippen LogP contribution in [0.15, 0.2) is 54.9 Å². The number of pyridine rings is 2. The van der Waals surface area contributed by atoms with Crippen LogP contribution in [0.3, 0.4) is 0 Å². The van der Waals surface area contributed by atoms with Crippen LogP contribution in [0, 0.1) is 6.92 Å². The minimum atomic E-state index is -0.346. The number of aryl methyl sites for hydroxylation is 1. The van der Waals surface area contributed by atoms with E-state index in [4.69, 9.17) is 4.74 Å². The van der Waals surface area contributed by atoms with Crippen LogP contribution in [0.4, 0.5) is 0 Å². The smallest absolute Gasteiger partial charge is 0.339 e. The van der Waals surface area contributed by atoms with Crippen LogP contribution in [-0.4, -0.2) is 45.3 Å². The summed E-state index contributed by atoms with van der Waals surface area (Å²) >= 11 is 0. The summed E-state index contributed by atoms with van der Waals surface area (Å²) in [5, 5.41) is 11.5. The molecule has 5 rings (SSSR count). The third-order valence-corrected chi connectivity index (χ3v) is 5.59. The molecule has 4 heterocycles. The SMILES string of the molecule is Cc1cccc(-c2[nH]ncc2-c2ccc3ncc(C(=O)OC[C@H]4CCCN4)cc3c2)n1. The summed E-state index contributed by atoms with van der Waals surface area (Å²) in [6.45, 7) is 3.33. The molecule has 4 aromatic rings. The molecule has 156 valence electrons. The number of ether oxygens (including phenoxy) is 1. The Balaban J connectivity index is 1.44. The lowest BCUT2D eigenvalue weighted by atomic mass is 10.0. The highest BCUT2D eigenvalue weighted by atomic mass is 16.5. The molecule has 0 aliphatic carbocycles. The molecule has 1 aliphatic heterocycles. The number of rotatable bonds is 5. The monoisotopic (exact) mass is 413 g/mol. The number of benzene rings is 1. The Morgan fingerprint density at radius 3 is 2.97 bits per heavy atom. The van der Waals surface area contributed by atoms with Gasteiger partial charge in [0.2, 0.25) is 0 Å². The zero-order valence-electron chi connectivity index (χ0n) is 17.3. The molecule has 1 saturated heterocycles. The van der Waals surface area contributed by atoms with Crippen molar-refractivity contribution in [1.82, 2.24) is 25.5 Å². The second-order valence-electron chi connectivity index (χ2n) is 7.85. The fraction of sp³-hybridized carbons (Fsp3) is 0.250. The molecule has 1 fully saturated rings. The molecule has 7 nitrogen and oxygen atoms in total. The number of carbonyl (C=O) groups is 1. The van der Waals surface area contributed by atoms with Gasteiger partial charge < -0.3 is 10.1 Å². The largest absolute Gasteiger partial charge is 0.460 e. The van der Waals surface area contributed by atoms with Crippen molar-refractivity contribution in [3.63, 3.8) is 0 Å². The van der Waals surface area contributed by atoms with Crippen molar-refractivity contribution in [2.24, 2.45) is 0 Å². The van der Waals surface area contributed by atoms with Gasteiger partial charge in [-0.3, -0.25) is 15.1 Å². The van der Waals surface area contributed by atoms with Gasteiger partial charge in [0.1, 0.15) is 6.61 Å². The molecule has 1 atom stereocenters. The minimum absolute atomic E-state index is 0.249. The summed E-state index contributed by atoms with van der Waals surface area (Å²) in [6, 6.07) is 13.9. The fourth-order valence-electron chi connectivity index (χ4n) is 3.95. The molecule has 0 bridgehead atoms. The molecular weight excluding hydrogens is 390 g/mol. The van der Waals surface area contributed by atoms with E-state index < -0.39 is 0 Å². The summed E-state index contributed by atoms with van der Waals surface area (Å²) in [6.07, 6.45) is 5.53. The van der Waals surface area contributed by atoms with Crippen LogP contribution in [0.5, 0.6) is 0 Å². The number of nitrogens with one attached hydrogen (secondary N) is 2. The van der Waals surface area contributed by atoms with Crippen LogP contribution < -0.4 is 5.32 Å². The first-order chi connectivity index (χ1) is 15.2. The van der Waals surface area contributed by atoms with E-state index in [0.29, 0.717) is 12.2 Å². The molecule has 2 N–H and O–H groups in total. The van der Waals surface area contributed by atoms with Crippen LogP contribution in [0.1, 0.15) is 28.9 Å². The number of aromatic nitrogens is 4. The first-order valence-corrected chi connectivity index (χ1v) is 10.5. The van der Waals surface area contributed by atoms with Crippen molar-refractivity contribution in [2.45, 2.75) is 25.8 Å². The lowest BCUT2D eigenvalue weighted by Gasteiger charge is -2.11. The van der Waals surface area contributed by atoms with Gasteiger partial charge >= 0.3 is 5.97 Å². The zero-order valence-corrected chi connectivity index (χ0v) is 17.3. The normalized spacial score (nSPS) is 16.0. The molecule has 31 heavy (non-hydrogen) atoms. The van der Waals surface area contributed by atoms with E-state index >= 15 is 0 Å². The van der Waals surface area contributed by atoms with Crippen LogP contribution in [0.2, 0.25) is 0 Å². The maximum absolute atomic E-state index is 12.5. The Hall–Kier alpha value is -3.58. The Kier molecular flexibility index (Phi) is 5.18. The predicted octanol–water partition coefficient (Wildman–Crippen LogP) is 3.90. The van der Waals surface area contributed by atoms with E-state index in [1.807, 2.05) is 49.4 Å². The number of H-pyrrole nitrogens is 1. The van der Waals surface area contributed by atoms with Gasteiger partial charge in [-0.25, -0.2) is 4.79 Å². The maximum Gasteiger partial charge on any atom is 0.339 e. The van der Waals surface area contributed by atoms with Crippen LogP contribution >= 0.6 is 0 Å². The van der Waals surface area contributed by atoms with E-state index in [0.717, 1.165) is 58.5 Å². The molecular formula is C24H23N5O2. The standard InChI is InChI=1S/C24H23N5O2/c1-15-4-2-6-22(28-15)23-20(13-27-29-23)16-7-8-21-17(10-16)11-18(12-26-21)24(30)31-14-19-5-3-9-25-19/h2,4,6-8,10-13,19,25H,3,5,9,14H2,1H3,(H,27,29)/t19-/m1/s1. The van der Waals surface area contributed by atoms with Crippen molar-refractivity contribution >= 4 is 16.9 Å². The van der Waals surface area contributed by atoms with Crippen LogP contribution in [-0.2, 0) is 4.74 Å². The molecule has 0 radical (unpaired) electrons. The quantitative estimate of drug-likeness (QED) is 0.482. The highest BCUT2D eigenvalue weighted by Gasteiger charge is 2.18. The predicted molar refractivity (Wildman–Crippen MR) is 119 cm³/mol. The third-order valence-electron chi connectivity index (χ3n) is 5.59. The van der Waals surface area contributed by atoms with E-state index in [1.165, 1.54) is 0 Å². The highest BCUT2D eigenvalue weighted by Crippen LogP contribution is 2.31. The Morgan fingerprint density at radius 2 is 2.13 bits per heavy atom. The van der Waals surface area contributed by atoms with Crippen molar-refractivity contribution in [3.8, 4) is 22.5 Å². The molecule has 0 spiro atoms. The van der Waals surface area contributed by atoms with Crippen molar-refractivity contribution in [3.05, 3.63) is 66.1 Å². The van der Waals surface area contributed by atoms with Crippen molar-refractivity contribution in [2.75, 3.05) is 13.2 Å². The highest BCUT2D eigenvalue weighted by molar-refractivity contribution is 5.95. The van der Waals surface area contributed by atoms with E-state index in [2.05, 4.69) is 25.5 Å². The average molecular weight is 413 g/mol. The topological polar surface area (TPSA) is 92.8 Å². The van der Waals surface area contributed by atoms with Gasteiger partial charge in [0, 0.05) is 28.9 Å². The summed E-state index contributed by atoms with van der Waals surface area (Å²) in [5.74, 6) is -0.346. The second-order valence-corrected chi connectivity index (χ2v) is 7.85. The number of hydrogen-bond acceptors (Lipinski definition) is 6. The molecule has 7 heteroatoms. The van der Waals surface area contributed by atoms with Crippen molar-refractivity contribution < 1.29 is 9.53 Å². The van der Waals surface area contributed by atoms with Gasteiger partial charge in [0.05, 0.1) is 28.7 Å². The molecule has 0 saturated carbocycles. The van der Waals surface area contributed by atoms with Gasteiger partial charge in [-0.1, -0.05) is 12.1 Å². The summed E-state index contributed by atoms with van der Waals surface area (Å²) in [4.78, 5) is 21.6. The first kappa shape index (κ1) is 19.4. The summed E-state index contributed by atoms with van der Waals surface area (Å²) < 4.78 is 5.49. The lowest BCUT2D eigenvalue weighted by Crippen LogP contribution is -2.28. The lowest BCUT2D eigenvalue weighted by molar-refractivity contribution is 0.0473. The molecule has 0 unspecified atom stereocenters. The Bertz CT molecular complexity index is 1240. The van der Waals surface area contributed by atoms with Gasteiger partial charge in [0.25, 0.3) is 0 Å². The maximum atomic E-state index is 12.5. The number of nitrogens with zero attached hydrogens (tertiary/aromatic N) is 3. The molecule has 1 aromatic carbocycles. The van der Waals surface area contributed by atoms with Gasteiger partial charge in [0.15, 0.2) is 0 Å². The van der Waals surface area contributed by atoms with Gasteiger partial charge in [-0.05, 0) is 62.2 Å². The molecule has 0 amide bonds. The number of fused-ring (bicyclic) bond motifs is 1. The number of aromatic amines is 1. The van der Waals surface area contributed by atoms with Crippen LogP contribution in [0.25, 0.3) is 33.4 Å². The Labute approximate surface area is 179 Å². The summed E-state index contributed by atoms with van der Waals surface area (Å²) in [7, 11) is 0. The second kappa shape index (κ2) is 8.28. The minimum Gasteiger partial charge on any atom is -0.460 e. The van der Waals surface area contributed by atoms with E-state index in [-0.39, 0.29) is 12.0 Å². The van der Waals surface area contributed by atoms with Gasteiger partial charge in [-0.15, -0.1) is 0 Å². The number of esters is 1. The third kappa shape index (κ3) is 4.04. The average Bonchev–Trinajstić information content (AvgIpc) is 3.49. The Morgan fingerprint density at radius 1 is 1.19 bits per heavy atom.